The molecule has 1 saturated carbocycles. The Morgan fingerprint density at radius 3 is 2.50 bits per heavy atom. The van der Waals surface area contributed by atoms with Crippen LogP contribution in [0.1, 0.15) is 52.4 Å². The SMILES string of the molecule is CC(C)S(=O)(=O)CCC1CCCCC(O)C1. The standard InChI is InChI=1S/C12H24O3S/c1-10(2)16(14,15)8-7-11-5-3-4-6-12(13)9-11/h10-13H,3-9H2,1-2H3. The van der Waals surface area contributed by atoms with Gasteiger partial charge >= 0.3 is 0 Å². The summed E-state index contributed by atoms with van der Waals surface area (Å²) in [5.41, 5.74) is 0. The van der Waals surface area contributed by atoms with E-state index in [1.165, 1.54) is 0 Å². The van der Waals surface area contributed by atoms with Crippen molar-refractivity contribution in [2.24, 2.45) is 5.92 Å². The van der Waals surface area contributed by atoms with Gasteiger partial charge in [-0.1, -0.05) is 19.3 Å². The van der Waals surface area contributed by atoms with E-state index in [2.05, 4.69) is 0 Å². The van der Waals surface area contributed by atoms with Crippen molar-refractivity contribution >= 4 is 9.84 Å². The van der Waals surface area contributed by atoms with Gasteiger partial charge < -0.3 is 5.11 Å². The lowest BCUT2D eigenvalue weighted by atomic mass is 9.97. The third-order valence-electron chi connectivity index (χ3n) is 3.53. The molecule has 0 saturated heterocycles. The zero-order chi connectivity index (χ0) is 12.2. The molecule has 1 N–H and O–H groups in total. The van der Waals surface area contributed by atoms with Crippen LogP contribution in [-0.4, -0.2) is 30.6 Å². The molecule has 2 atom stereocenters. The second-order valence-corrected chi connectivity index (χ2v) is 7.92. The van der Waals surface area contributed by atoms with Gasteiger partial charge in [-0.3, -0.25) is 0 Å². The van der Waals surface area contributed by atoms with E-state index < -0.39 is 9.84 Å². The van der Waals surface area contributed by atoms with E-state index in [1.807, 2.05) is 0 Å². The molecule has 3 nitrogen and oxygen atoms in total. The number of hydrogen-bond donors (Lipinski definition) is 1. The van der Waals surface area contributed by atoms with Gasteiger partial charge in [-0.15, -0.1) is 0 Å². The largest absolute Gasteiger partial charge is 0.393 e. The fourth-order valence-corrected chi connectivity index (χ4v) is 3.40. The molecule has 0 amide bonds. The van der Waals surface area contributed by atoms with Crippen LogP contribution in [0.15, 0.2) is 0 Å². The number of sulfone groups is 1. The zero-order valence-electron chi connectivity index (χ0n) is 10.4. The summed E-state index contributed by atoms with van der Waals surface area (Å²) in [7, 11) is -2.91. The Bertz CT molecular complexity index is 295. The minimum absolute atomic E-state index is 0.214. The van der Waals surface area contributed by atoms with Crippen LogP contribution in [0.5, 0.6) is 0 Å². The van der Waals surface area contributed by atoms with E-state index in [1.54, 1.807) is 13.8 Å². The van der Waals surface area contributed by atoms with Crippen molar-refractivity contribution in [2.75, 3.05) is 5.75 Å². The van der Waals surface area contributed by atoms with Crippen molar-refractivity contribution in [3.63, 3.8) is 0 Å². The maximum atomic E-state index is 11.7. The molecule has 4 heteroatoms. The fraction of sp³-hybridized carbons (Fsp3) is 1.00. The highest BCUT2D eigenvalue weighted by molar-refractivity contribution is 7.91. The third-order valence-corrected chi connectivity index (χ3v) is 5.78. The first-order chi connectivity index (χ1) is 7.42. The van der Waals surface area contributed by atoms with Crippen molar-refractivity contribution < 1.29 is 13.5 Å². The Morgan fingerprint density at radius 1 is 1.25 bits per heavy atom. The number of aliphatic hydroxyl groups excluding tert-OH is 1. The monoisotopic (exact) mass is 248 g/mol. The van der Waals surface area contributed by atoms with Crippen LogP contribution in [0.3, 0.4) is 0 Å². The summed E-state index contributed by atoms with van der Waals surface area (Å²) >= 11 is 0. The van der Waals surface area contributed by atoms with Crippen LogP contribution in [0.2, 0.25) is 0 Å². The van der Waals surface area contributed by atoms with Crippen LogP contribution in [0, 0.1) is 5.92 Å². The van der Waals surface area contributed by atoms with Crippen molar-refractivity contribution in [1.82, 2.24) is 0 Å². The Labute approximate surface area is 99.2 Å². The van der Waals surface area contributed by atoms with E-state index in [0.29, 0.717) is 5.92 Å². The van der Waals surface area contributed by atoms with Gasteiger partial charge in [0.05, 0.1) is 17.1 Å². The van der Waals surface area contributed by atoms with E-state index >= 15 is 0 Å². The first kappa shape index (κ1) is 14.0. The Hall–Kier alpha value is -0.0900. The van der Waals surface area contributed by atoms with E-state index in [0.717, 1.165) is 38.5 Å². The van der Waals surface area contributed by atoms with Crippen molar-refractivity contribution in [2.45, 2.75) is 63.7 Å². The highest BCUT2D eigenvalue weighted by Gasteiger charge is 2.22. The summed E-state index contributed by atoms with van der Waals surface area (Å²) in [5, 5.41) is 9.37. The Balaban J connectivity index is 2.42. The van der Waals surface area contributed by atoms with Crippen LogP contribution in [-0.2, 0) is 9.84 Å². The topological polar surface area (TPSA) is 54.4 Å². The smallest absolute Gasteiger partial charge is 0.152 e. The first-order valence-electron chi connectivity index (χ1n) is 6.31. The van der Waals surface area contributed by atoms with E-state index in [4.69, 9.17) is 0 Å². The molecule has 0 aromatic rings. The number of hydrogen-bond acceptors (Lipinski definition) is 3. The summed E-state index contributed by atoms with van der Waals surface area (Å²) < 4.78 is 23.4. The molecular formula is C12H24O3S. The molecule has 0 aliphatic heterocycles. The molecule has 1 rings (SSSR count). The van der Waals surface area contributed by atoms with E-state index in [9.17, 15) is 13.5 Å². The second kappa shape index (κ2) is 6.01. The molecule has 2 unspecified atom stereocenters. The summed E-state index contributed by atoms with van der Waals surface area (Å²) in [4.78, 5) is 0. The molecule has 0 spiro atoms. The summed E-state index contributed by atoms with van der Waals surface area (Å²) in [6.45, 7) is 3.47. The maximum absolute atomic E-state index is 11.7. The lowest BCUT2D eigenvalue weighted by Gasteiger charge is -2.17. The molecule has 96 valence electrons. The van der Waals surface area contributed by atoms with E-state index in [-0.39, 0.29) is 17.1 Å². The number of aliphatic hydroxyl groups is 1. The molecule has 0 radical (unpaired) electrons. The average Bonchev–Trinajstić information content (AvgIpc) is 2.39. The predicted molar refractivity (Wildman–Crippen MR) is 66.1 cm³/mol. The van der Waals surface area contributed by atoms with Gasteiger partial charge in [-0.25, -0.2) is 8.42 Å². The van der Waals surface area contributed by atoms with Gasteiger partial charge in [0.25, 0.3) is 0 Å². The first-order valence-corrected chi connectivity index (χ1v) is 8.03. The predicted octanol–water partition coefficient (Wildman–Crippen LogP) is 2.14. The molecule has 16 heavy (non-hydrogen) atoms. The molecule has 0 aromatic heterocycles. The fourth-order valence-electron chi connectivity index (χ4n) is 2.26. The average molecular weight is 248 g/mol. The van der Waals surface area contributed by atoms with Gasteiger partial charge in [0.1, 0.15) is 0 Å². The quantitative estimate of drug-likeness (QED) is 0.776. The maximum Gasteiger partial charge on any atom is 0.152 e. The normalized spacial score (nSPS) is 28.0. The minimum atomic E-state index is -2.91. The van der Waals surface area contributed by atoms with Crippen molar-refractivity contribution in [1.29, 1.82) is 0 Å². The lowest BCUT2D eigenvalue weighted by molar-refractivity contribution is 0.140. The molecule has 0 aromatic carbocycles. The minimum Gasteiger partial charge on any atom is -0.393 e. The Morgan fingerprint density at radius 2 is 1.88 bits per heavy atom. The summed E-state index contributed by atoms with van der Waals surface area (Å²) in [6, 6.07) is 0. The lowest BCUT2D eigenvalue weighted by Crippen LogP contribution is -2.21. The molecular weight excluding hydrogens is 224 g/mol. The molecule has 0 bridgehead atoms. The van der Waals surface area contributed by atoms with Gasteiger partial charge in [0.15, 0.2) is 9.84 Å². The molecule has 1 aliphatic carbocycles. The molecule has 0 heterocycles. The summed E-state index contributed by atoms with van der Waals surface area (Å²) in [6.07, 6.45) is 5.45. The van der Waals surface area contributed by atoms with Crippen molar-refractivity contribution in [3.05, 3.63) is 0 Å². The second-order valence-electron chi connectivity index (χ2n) is 5.24. The van der Waals surface area contributed by atoms with Crippen LogP contribution >= 0.6 is 0 Å². The van der Waals surface area contributed by atoms with Crippen LogP contribution in [0.4, 0.5) is 0 Å². The Kier molecular flexibility index (Phi) is 5.25. The number of rotatable bonds is 4. The van der Waals surface area contributed by atoms with Gasteiger partial charge in [-0.05, 0) is 39.0 Å². The van der Waals surface area contributed by atoms with Crippen LogP contribution in [0.25, 0.3) is 0 Å². The van der Waals surface area contributed by atoms with Gasteiger partial charge in [-0.2, -0.15) is 0 Å². The van der Waals surface area contributed by atoms with Crippen LogP contribution < -0.4 is 0 Å². The zero-order valence-corrected chi connectivity index (χ0v) is 11.2. The highest BCUT2D eigenvalue weighted by Crippen LogP contribution is 2.26. The molecule has 1 fully saturated rings. The third kappa shape index (κ3) is 4.42. The highest BCUT2D eigenvalue weighted by atomic mass is 32.2. The van der Waals surface area contributed by atoms with Gasteiger partial charge in [0.2, 0.25) is 0 Å². The molecule has 1 aliphatic rings. The summed E-state index contributed by atoms with van der Waals surface area (Å²) in [5.74, 6) is 0.674. The van der Waals surface area contributed by atoms with Gasteiger partial charge in [0, 0.05) is 0 Å². The van der Waals surface area contributed by atoms with Crippen molar-refractivity contribution in [3.8, 4) is 0 Å².